The molecule has 0 radical (unpaired) electrons. The van der Waals surface area contributed by atoms with Crippen molar-refractivity contribution < 1.29 is 4.39 Å². The van der Waals surface area contributed by atoms with Gasteiger partial charge < -0.3 is 0 Å². The Morgan fingerprint density at radius 2 is 1.76 bits per heavy atom. The summed E-state index contributed by atoms with van der Waals surface area (Å²) in [5.41, 5.74) is 3.01. The molecule has 0 bridgehead atoms. The van der Waals surface area contributed by atoms with Crippen molar-refractivity contribution in [3.8, 4) is 11.4 Å². The first-order valence-electron chi connectivity index (χ1n) is 6.37. The fourth-order valence-electron chi connectivity index (χ4n) is 2.26. The topological polar surface area (TPSA) is 25.8 Å². The number of nitrogens with zero attached hydrogens (tertiary/aromatic N) is 2. The zero-order valence-corrected chi connectivity index (χ0v) is 12.9. The van der Waals surface area contributed by atoms with Gasteiger partial charge in [0.05, 0.1) is 10.9 Å². The number of hydrogen-bond donors (Lipinski definition) is 0. The van der Waals surface area contributed by atoms with E-state index in [0.29, 0.717) is 16.4 Å². The van der Waals surface area contributed by atoms with Gasteiger partial charge in [0.2, 0.25) is 0 Å². The summed E-state index contributed by atoms with van der Waals surface area (Å²) in [5, 5.41) is 0.985. The zero-order valence-electron chi connectivity index (χ0n) is 11.4. The number of hydrogen-bond acceptors (Lipinski definition) is 2. The average Bonchev–Trinajstić information content (AvgIpc) is 2.45. The number of aryl methyl sites for hydroxylation is 1. The van der Waals surface area contributed by atoms with E-state index in [4.69, 9.17) is 23.2 Å². The summed E-state index contributed by atoms with van der Waals surface area (Å²) < 4.78 is 13.9. The van der Waals surface area contributed by atoms with Crippen LogP contribution in [0, 0.1) is 19.7 Å². The monoisotopic (exact) mass is 320 g/mol. The van der Waals surface area contributed by atoms with E-state index in [0.717, 1.165) is 16.7 Å². The second kappa shape index (κ2) is 5.24. The fourth-order valence-corrected chi connectivity index (χ4v) is 2.70. The second-order valence-electron chi connectivity index (χ2n) is 4.84. The summed E-state index contributed by atoms with van der Waals surface area (Å²) in [6.07, 6.45) is 0. The van der Waals surface area contributed by atoms with Crippen molar-refractivity contribution in [2.75, 3.05) is 0 Å². The minimum Gasteiger partial charge on any atom is -0.227 e. The molecule has 0 fully saturated rings. The van der Waals surface area contributed by atoms with Crippen molar-refractivity contribution in [2.24, 2.45) is 0 Å². The lowest BCUT2D eigenvalue weighted by Crippen LogP contribution is -1.97. The lowest BCUT2D eigenvalue weighted by atomic mass is 10.1. The van der Waals surface area contributed by atoms with E-state index in [1.807, 2.05) is 26.0 Å². The van der Waals surface area contributed by atoms with Gasteiger partial charge in [0.15, 0.2) is 5.82 Å². The second-order valence-corrected chi connectivity index (χ2v) is 5.60. The predicted molar refractivity (Wildman–Crippen MR) is 84.4 cm³/mol. The van der Waals surface area contributed by atoms with Crippen LogP contribution in [0.5, 0.6) is 0 Å². The van der Waals surface area contributed by atoms with Crippen LogP contribution in [-0.4, -0.2) is 9.97 Å². The predicted octanol–water partition coefficient (Wildman–Crippen LogP) is 5.36. The van der Waals surface area contributed by atoms with Crippen molar-refractivity contribution in [3.63, 3.8) is 0 Å². The highest BCUT2D eigenvalue weighted by Gasteiger charge is 2.15. The smallest absolute Gasteiger partial charge is 0.161 e. The van der Waals surface area contributed by atoms with Crippen molar-refractivity contribution >= 4 is 34.1 Å². The fraction of sp³-hybridized carbons (Fsp3) is 0.125. The first-order valence-corrected chi connectivity index (χ1v) is 7.12. The normalized spacial score (nSPS) is 11.1. The van der Waals surface area contributed by atoms with Gasteiger partial charge >= 0.3 is 0 Å². The Kier molecular flexibility index (Phi) is 3.56. The highest BCUT2D eigenvalue weighted by molar-refractivity contribution is 6.34. The number of aromatic nitrogens is 2. The van der Waals surface area contributed by atoms with E-state index in [1.54, 1.807) is 12.1 Å². The number of rotatable bonds is 1. The SMILES string of the molecule is Cc1c(Cl)cccc1-c1nc(Cl)c2c(F)ccc(C)c2n1. The third-order valence-electron chi connectivity index (χ3n) is 3.47. The Morgan fingerprint density at radius 1 is 1.00 bits per heavy atom. The van der Waals surface area contributed by atoms with Crippen molar-refractivity contribution in [1.82, 2.24) is 9.97 Å². The molecule has 2 aromatic carbocycles. The highest BCUT2D eigenvalue weighted by atomic mass is 35.5. The minimum absolute atomic E-state index is 0.107. The molecule has 0 spiro atoms. The maximum absolute atomic E-state index is 13.9. The van der Waals surface area contributed by atoms with E-state index in [1.165, 1.54) is 6.07 Å². The van der Waals surface area contributed by atoms with Crippen molar-refractivity contribution in [3.05, 3.63) is 57.5 Å². The van der Waals surface area contributed by atoms with Crippen LogP contribution in [0.25, 0.3) is 22.3 Å². The maximum Gasteiger partial charge on any atom is 0.161 e. The molecule has 3 aromatic rings. The molecule has 2 nitrogen and oxygen atoms in total. The molecule has 21 heavy (non-hydrogen) atoms. The molecule has 0 saturated heterocycles. The lowest BCUT2D eigenvalue weighted by Gasteiger charge is -2.10. The lowest BCUT2D eigenvalue weighted by molar-refractivity contribution is 0.639. The average molecular weight is 321 g/mol. The summed E-state index contributed by atoms with van der Waals surface area (Å²) in [6, 6.07) is 8.54. The van der Waals surface area contributed by atoms with Crippen LogP contribution in [-0.2, 0) is 0 Å². The first kappa shape index (κ1) is 14.2. The number of benzene rings is 2. The van der Waals surface area contributed by atoms with Gasteiger partial charge in [-0.05, 0) is 37.1 Å². The summed E-state index contributed by atoms with van der Waals surface area (Å²) >= 11 is 12.3. The molecule has 0 aliphatic rings. The van der Waals surface area contributed by atoms with Crippen LogP contribution in [0.3, 0.4) is 0 Å². The first-order chi connectivity index (χ1) is 9.99. The van der Waals surface area contributed by atoms with Crippen LogP contribution in [0.1, 0.15) is 11.1 Å². The van der Waals surface area contributed by atoms with Gasteiger partial charge in [0.1, 0.15) is 11.0 Å². The van der Waals surface area contributed by atoms with Gasteiger partial charge in [0.25, 0.3) is 0 Å². The van der Waals surface area contributed by atoms with Gasteiger partial charge in [-0.15, -0.1) is 0 Å². The molecule has 0 amide bonds. The summed E-state index contributed by atoms with van der Waals surface area (Å²) in [7, 11) is 0. The molecule has 5 heteroatoms. The molecule has 0 unspecified atom stereocenters. The van der Waals surface area contributed by atoms with Crippen LogP contribution in [0.4, 0.5) is 4.39 Å². The standard InChI is InChI=1S/C16H11Cl2FN2/c1-8-6-7-12(19)13-14(8)20-16(21-15(13)18)10-4-3-5-11(17)9(10)2/h3-7H,1-2H3. The van der Waals surface area contributed by atoms with Crippen LogP contribution in [0.2, 0.25) is 10.2 Å². The molecule has 0 N–H and O–H groups in total. The Balaban J connectivity index is 2.36. The molecule has 1 heterocycles. The Labute approximate surface area is 131 Å². The number of fused-ring (bicyclic) bond motifs is 1. The van der Waals surface area contributed by atoms with Gasteiger partial charge in [-0.3, -0.25) is 0 Å². The molecular formula is C16H11Cl2FN2. The third kappa shape index (κ3) is 2.37. The quantitative estimate of drug-likeness (QED) is 0.564. The molecule has 0 aliphatic carbocycles. The molecule has 0 aliphatic heterocycles. The molecule has 106 valence electrons. The van der Waals surface area contributed by atoms with E-state index in [-0.39, 0.29) is 10.5 Å². The summed E-state index contributed by atoms with van der Waals surface area (Å²) in [4.78, 5) is 8.71. The maximum atomic E-state index is 13.9. The van der Waals surface area contributed by atoms with Crippen LogP contribution >= 0.6 is 23.2 Å². The number of halogens is 3. The Hall–Kier alpha value is -1.71. The van der Waals surface area contributed by atoms with Gasteiger partial charge in [0, 0.05) is 10.6 Å². The van der Waals surface area contributed by atoms with E-state index in [9.17, 15) is 4.39 Å². The Bertz CT molecular complexity index is 863. The molecule has 0 saturated carbocycles. The zero-order chi connectivity index (χ0) is 15.1. The van der Waals surface area contributed by atoms with Crippen LogP contribution < -0.4 is 0 Å². The van der Waals surface area contributed by atoms with Crippen LogP contribution in [0.15, 0.2) is 30.3 Å². The highest BCUT2D eigenvalue weighted by Crippen LogP contribution is 2.31. The molecular weight excluding hydrogens is 310 g/mol. The van der Waals surface area contributed by atoms with Crippen molar-refractivity contribution in [1.29, 1.82) is 0 Å². The van der Waals surface area contributed by atoms with Gasteiger partial charge in [-0.25, -0.2) is 14.4 Å². The Morgan fingerprint density at radius 3 is 2.52 bits per heavy atom. The molecule has 3 rings (SSSR count). The van der Waals surface area contributed by atoms with Crippen molar-refractivity contribution in [2.45, 2.75) is 13.8 Å². The largest absolute Gasteiger partial charge is 0.227 e. The van der Waals surface area contributed by atoms with Gasteiger partial charge in [-0.1, -0.05) is 41.4 Å². The van der Waals surface area contributed by atoms with E-state index >= 15 is 0 Å². The van der Waals surface area contributed by atoms with E-state index in [2.05, 4.69) is 9.97 Å². The van der Waals surface area contributed by atoms with E-state index < -0.39 is 5.82 Å². The molecule has 0 atom stereocenters. The summed E-state index contributed by atoms with van der Waals surface area (Å²) in [6.45, 7) is 3.75. The molecule has 1 aromatic heterocycles. The van der Waals surface area contributed by atoms with Gasteiger partial charge in [-0.2, -0.15) is 0 Å². The minimum atomic E-state index is -0.421. The summed E-state index contributed by atoms with van der Waals surface area (Å²) in [5.74, 6) is 0.0242. The third-order valence-corrected chi connectivity index (χ3v) is 4.15.